The summed E-state index contributed by atoms with van der Waals surface area (Å²) < 4.78 is 19.3. The predicted octanol–water partition coefficient (Wildman–Crippen LogP) is 3.39. The minimum Gasteiger partial charge on any atom is -0.497 e. The molecule has 4 nitrogen and oxygen atoms in total. The summed E-state index contributed by atoms with van der Waals surface area (Å²) in [6.07, 6.45) is 3.88. The largest absolute Gasteiger partial charge is 0.497 e. The minimum atomic E-state index is -0.392. The molecule has 1 N–H and O–H groups in total. The topological polar surface area (TPSA) is 38.6 Å². The van der Waals surface area contributed by atoms with Crippen molar-refractivity contribution in [3.8, 4) is 17.0 Å². The molecule has 21 heavy (non-hydrogen) atoms. The van der Waals surface area contributed by atoms with Gasteiger partial charge in [0.25, 0.3) is 0 Å². The quantitative estimate of drug-likeness (QED) is 0.781. The maximum atomic E-state index is 12.2. The zero-order valence-electron chi connectivity index (χ0n) is 11.7. The Labute approximate surface area is 122 Å². The van der Waals surface area contributed by atoms with Gasteiger partial charge >= 0.3 is 0 Å². The lowest BCUT2D eigenvalue weighted by Crippen LogP contribution is -2.02. The van der Waals surface area contributed by atoms with Crippen molar-refractivity contribution in [3.05, 3.63) is 48.8 Å². The van der Waals surface area contributed by atoms with Gasteiger partial charge in [-0.25, -0.2) is 9.37 Å². The molecule has 0 spiro atoms. The number of anilines is 1. The van der Waals surface area contributed by atoms with Crippen molar-refractivity contribution >= 4 is 11.3 Å². The standard InChI is InChI=1S/C16H16FN3O/c1-21-14-4-2-12(3-5-14)15-11-20-9-6-13(18-8-7-17)10-16(20)19-15/h2-6,9-11,18H,7-8H2,1H3. The van der Waals surface area contributed by atoms with Gasteiger partial charge in [0.15, 0.2) is 0 Å². The number of nitrogens with one attached hydrogen (secondary N) is 1. The molecule has 5 heteroatoms. The summed E-state index contributed by atoms with van der Waals surface area (Å²) in [6.45, 7) is -0.0844. The summed E-state index contributed by atoms with van der Waals surface area (Å²) in [7, 11) is 1.64. The molecule has 0 aliphatic carbocycles. The van der Waals surface area contributed by atoms with E-state index in [1.54, 1.807) is 7.11 Å². The van der Waals surface area contributed by atoms with E-state index in [1.807, 2.05) is 53.2 Å². The highest BCUT2D eigenvalue weighted by atomic mass is 19.1. The second-order valence-electron chi connectivity index (χ2n) is 4.65. The van der Waals surface area contributed by atoms with Crippen LogP contribution in [0.25, 0.3) is 16.9 Å². The summed E-state index contributed by atoms with van der Waals surface area (Å²) in [6, 6.07) is 11.6. The number of imidazole rings is 1. The molecule has 0 saturated heterocycles. The third-order valence-electron chi connectivity index (χ3n) is 3.27. The number of nitrogens with zero attached hydrogens (tertiary/aromatic N) is 2. The Hall–Kier alpha value is -2.56. The molecule has 0 bridgehead atoms. The summed E-state index contributed by atoms with van der Waals surface area (Å²) in [4.78, 5) is 4.60. The number of hydrogen-bond donors (Lipinski definition) is 1. The average Bonchev–Trinajstić information content (AvgIpc) is 2.96. The highest BCUT2D eigenvalue weighted by Crippen LogP contribution is 2.23. The van der Waals surface area contributed by atoms with Gasteiger partial charge in [-0.05, 0) is 30.3 Å². The Morgan fingerprint density at radius 2 is 2.05 bits per heavy atom. The fraction of sp³-hybridized carbons (Fsp3) is 0.188. The first-order valence-corrected chi connectivity index (χ1v) is 6.73. The van der Waals surface area contributed by atoms with Gasteiger partial charge in [-0.15, -0.1) is 0 Å². The molecule has 0 saturated carbocycles. The molecule has 0 fully saturated rings. The van der Waals surface area contributed by atoms with Crippen LogP contribution in [0.5, 0.6) is 5.75 Å². The summed E-state index contributed by atoms with van der Waals surface area (Å²) in [5.41, 5.74) is 3.61. The number of ether oxygens (including phenoxy) is 1. The van der Waals surface area contributed by atoms with Gasteiger partial charge in [-0.2, -0.15) is 0 Å². The fourth-order valence-electron chi connectivity index (χ4n) is 2.18. The van der Waals surface area contributed by atoms with Crippen molar-refractivity contribution in [2.75, 3.05) is 25.6 Å². The normalized spacial score (nSPS) is 10.8. The van der Waals surface area contributed by atoms with Gasteiger partial charge in [-0.1, -0.05) is 0 Å². The molecule has 0 atom stereocenters. The first-order chi connectivity index (χ1) is 10.3. The third-order valence-corrected chi connectivity index (χ3v) is 3.27. The SMILES string of the molecule is COc1ccc(-c2cn3ccc(NCCF)cc3n2)cc1. The van der Waals surface area contributed by atoms with Crippen LogP contribution in [0.15, 0.2) is 48.8 Å². The van der Waals surface area contributed by atoms with E-state index in [9.17, 15) is 4.39 Å². The van der Waals surface area contributed by atoms with Gasteiger partial charge < -0.3 is 14.5 Å². The van der Waals surface area contributed by atoms with Crippen LogP contribution >= 0.6 is 0 Å². The average molecular weight is 285 g/mol. The molecule has 2 aromatic heterocycles. The Kier molecular flexibility index (Phi) is 3.73. The van der Waals surface area contributed by atoms with Gasteiger partial charge in [-0.3, -0.25) is 0 Å². The molecule has 108 valence electrons. The molecule has 2 heterocycles. The molecule has 0 aliphatic heterocycles. The summed E-state index contributed by atoms with van der Waals surface area (Å²) in [5.74, 6) is 0.820. The summed E-state index contributed by atoms with van der Waals surface area (Å²) in [5, 5.41) is 3.01. The van der Waals surface area contributed by atoms with Gasteiger partial charge in [0.2, 0.25) is 0 Å². The molecule has 3 aromatic rings. The number of rotatable bonds is 5. The number of fused-ring (bicyclic) bond motifs is 1. The van der Waals surface area contributed by atoms with Crippen molar-refractivity contribution in [1.29, 1.82) is 0 Å². The van der Waals surface area contributed by atoms with E-state index in [2.05, 4.69) is 10.3 Å². The number of hydrogen-bond acceptors (Lipinski definition) is 3. The van der Waals surface area contributed by atoms with Crippen LogP contribution in [-0.4, -0.2) is 29.7 Å². The first kappa shape index (κ1) is 13.4. The molecular formula is C16H16FN3O. The predicted molar refractivity (Wildman–Crippen MR) is 81.6 cm³/mol. The smallest absolute Gasteiger partial charge is 0.139 e. The number of benzene rings is 1. The van der Waals surface area contributed by atoms with Crippen molar-refractivity contribution in [3.63, 3.8) is 0 Å². The Morgan fingerprint density at radius 1 is 1.24 bits per heavy atom. The highest BCUT2D eigenvalue weighted by molar-refractivity contribution is 5.65. The fourth-order valence-corrected chi connectivity index (χ4v) is 2.18. The highest BCUT2D eigenvalue weighted by Gasteiger charge is 2.05. The Balaban J connectivity index is 1.92. The zero-order chi connectivity index (χ0) is 14.7. The zero-order valence-corrected chi connectivity index (χ0v) is 11.7. The molecule has 0 unspecified atom stereocenters. The molecular weight excluding hydrogens is 269 g/mol. The maximum Gasteiger partial charge on any atom is 0.139 e. The molecule has 0 amide bonds. The molecule has 0 radical (unpaired) electrons. The molecule has 3 rings (SSSR count). The van der Waals surface area contributed by atoms with Crippen molar-refractivity contribution in [2.24, 2.45) is 0 Å². The Bertz CT molecular complexity index is 737. The first-order valence-electron chi connectivity index (χ1n) is 6.73. The number of halogens is 1. The van der Waals surface area contributed by atoms with Crippen LogP contribution in [0, 0.1) is 0 Å². The van der Waals surface area contributed by atoms with Crippen molar-refractivity contribution in [1.82, 2.24) is 9.38 Å². The van der Waals surface area contributed by atoms with Crippen LogP contribution in [0.2, 0.25) is 0 Å². The van der Waals surface area contributed by atoms with Crippen LogP contribution in [0.1, 0.15) is 0 Å². The van der Waals surface area contributed by atoms with Crippen LogP contribution in [0.3, 0.4) is 0 Å². The van der Waals surface area contributed by atoms with E-state index in [0.717, 1.165) is 28.3 Å². The van der Waals surface area contributed by atoms with Crippen LogP contribution in [0.4, 0.5) is 10.1 Å². The number of aromatic nitrogens is 2. The van der Waals surface area contributed by atoms with E-state index in [1.165, 1.54) is 0 Å². The summed E-state index contributed by atoms with van der Waals surface area (Å²) >= 11 is 0. The lowest BCUT2D eigenvalue weighted by molar-refractivity contribution is 0.415. The van der Waals surface area contributed by atoms with E-state index in [0.29, 0.717) is 6.54 Å². The van der Waals surface area contributed by atoms with Crippen molar-refractivity contribution < 1.29 is 9.13 Å². The van der Waals surface area contributed by atoms with Crippen molar-refractivity contribution in [2.45, 2.75) is 0 Å². The Morgan fingerprint density at radius 3 is 2.76 bits per heavy atom. The van der Waals surface area contributed by atoms with Gasteiger partial charge in [0, 0.05) is 36.3 Å². The lowest BCUT2D eigenvalue weighted by atomic mass is 10.2. The second-order valence-corrected chi connectivity index (χ2v) is 4.65. The van der Waals surface area contributed by atoms with E-state index in [4.69, 9.17) is 4.74 Å². The lowest BCUT2D eigenvalue weighted by Gasteiger charge is -2.03. The van der Waals surface area contributed by atoms with Gasteiger partial charge in [0.1, 0.15) is 18.1 Å². The molecule has 0 aliphatic rings. The number of pyridine rings is 1. The van der Waals surface area contributed by atoms with Crippen LogP contribution < -0.4 is 10.1 Å². The molecule has 1 aromatic carbocycles. The van der Waals surface area contributed by atoms with E-state index in [-0.39, 0.29) is 0 Å². The number of methoxy groups -OCH3 is 1. The van der Waals surface area contributed by atoms with E-state index >= 15 is 0 Å². The minimum absolute atomic E-state index is 0.308. The monoisotopic (exact) mass is 285 g/mol. The van der Waals surface area contributed by atoms with E-state index < -0.39 is 6.67 Å². The number of alkyl halides is 1. The van der Waals surface area contributed by atoms with Gasteiger partial charge in [0.05, 0.1) is 12.8 Å². The maximum absolute atomic E-state index is 12.2. The third kappa shape index (κ3) is 2.81. The van der Waals surface area contributed by atoms with Crippen LogP contribution in [-0.2, 0) is 0 Å². The second kappa shape index (κ2) is 5.83.